The molecule has 0 aliphatic heterocycles. The molecule has 4 aliphatic carbocycles. The van der Waals surface area contributed by atoms with Crippen molar-refractivity contribution in [1.82, 2.24) is 4.98 Å². The summed E-state index contributed by atoms with van der Waals surface area (Å²) in [5, 5.41) is 0. The third kappa shape index (κ3) is 1.72. The zero-order valence-corrected chi connectivity index (χ0v) is 12.6. The van der Waals surface area contributed by atoms with Crippen molar-refractivity contribution < 1.29 is 4.42 Å². The topological polar surface area (TPSA) is 26.0 Å². The van der Waals surface area contributed by atoms with Gasteiger partial charge in [-0.05, 0) is 55.3 Å². The maximum Gasteiger partial charge on any atom is 0.209 e. The Labute approximate surface area is 119 Å². The van der Waals surface area contributed by atoms with Gasteiger partial charge in [-0.1, -0.05) is 13.8 Å². The highest BCUT2D eigenvalue weighted by Crippen LogP contribution is 2.69. The average molecular weight is 280 g/mol. The molecular weight excluding hydrogens is 258 g/mol. The molecule has 4 aliphatic rings. The predicted molar refractivity (Wildman–Crippen MR) is 75.1 cm³/mol. The van der Waals surface area contributed by atoms with Crippen LogP contribution in [0.25, 0.3) is 0 Å². The van der Waals surface area contributed by atoms with Gasteiger partial charge in [0.15, 0.2) is 0 Å². The summed E-state index contributed by atoms with van der Waals surface area (Å²) in [5.41, 5.74) is 1.28. The SMILES string of the molecule is CC12CC3CC(C)(C1)CC(c1cnc(CCl)o1)(C3)C2. The molecule has 0 amide bonds. The number of alkyl halides is 1. The van der Waals surface area contributed by atoms with E-state index in [0.29, 0.717) is 22.6 Å². The van der Waals surface area contributed by atoms with Crippen molar-refractivity contribution in [3.8, 4) is 0 Å². The van der Waals surface area contributed by atoms with Crippen LogP contribution in [-0.4, -0.2) is 4.98 Å². The Morgan fingerprint density at radius 3 is 2.42 bits per heavy atom. The Kier molecular flexibility index (Phi) is 2.31. The Hall–Kier alpha value is -0.500. The van der Waals surface area contributed by atoms with E-state index in [4.69, 9.17) is 16.0 Å². The summed E-state index contributed by atoms with van der Waals surface area (Å²) in [6.45, 7) is 4.98. The molecule has 1 heterocycles. The van der Waals surface area contributed by atoms with Crippen molar-refractivity contribution in [1.29, 1.82) is 0 Å². The molecule has 104 valence electrons. The Morgan fingerprint density at radius 2 is 1.89 bits per heavy atom. The predicted octanol–water partition coefficient (Wildman–Crippen LogP) is 4.66. The molecule has 2 atom stereocenters. The Bertz CT molecular complexity index is 505. The zero-order valence-electron chi connectivity index (χ0n) is 11.8. The third-order valence-electron chi connectivity index (χ3n) is 5.82. The van der Waals surface area contributed by atoms with Crippen LogP contribution in [0.4, 0.5) is 0 Å². The third-order valence-corrected chi connectivity index (χ3v) is 6.05. The summed E-state index contributed by atoms with van der Waals surface area (Å²) in [6.07, 6.45) is 10.1. The quantitative estimate of drug-likeness (QED) is 0.736. The fraction of sp³-hybridized carbons (Fsp3) is 0.812. The summed E-state index contributed by atoms with van der Waals surface area (Å²) >= 11 is 5.85. The van der Waals surface area contributed by atoms with Crippen molar-refractivity contribution in [3.05, 3.63) is 17.8 Å². The number of rotatable bonds is 2. The molecule has 1 aromatic rings. The lowest BCUT2D eigenvalue weighted by atomic mass is 9.40. The lowest BCUT2D eigenvalue weighted by Gasteiger charge is -2.64. The summed E-state index contributed by atoms with van der Waals surface area (Å²) in [7, 11) is 0. The van der Waals surface area contributed by atoms with Crippen molar-refractivity contribution in [3.63, 3.8) is 0 Å². The molecule has 1 aromatic heterocycles. The van der Waals surface area contributed by atoms with Gasteiger partial charge in [0.1, 0.15) is 5.76 Å². The molecular formula is C16H22ClNO. The molecule has 2 unspecified atom stereocenters. The minimum absolute atomic E-state index is 0.250. The number of aromatic nitrogens is 1. The second-order valence-electron chi connectivity index (χ2n) is 8.16. The van der Waals surface area contributed by atoms with Gasteiger partial charge in [0.25, 0.3) is 0 Å². The standard InChI is InChI=1S/C16H22ClNO/c1-14-3-11-4-15(2,8-14)10-16(5-11,9-14)12-7-18-13(6-17)19-12/h7,11H,3-6,8-10H2,1-2H3. The second kappa shape index (κ2) is 3.58. The van der Waals surface area contributed by atoms with Gasteiger partial charge >= 0.3 is 0 Å². The molecule has 4 fully saturated rings. The molecule has 0 saturated heterocycles. The van der Waals surface area contributed by atoms with Gasteiger partial charge in [-0.3, -0.25) is 0 Å². The van der Waals surface area contributed by atoms with Gasteiger partial charge in [0, 0.05) is 5.41 Å². The van der Waals surface area contributed by atoms with Gasteiger partial charge in [-0.25, -0.2) is 4.98 Å². The van der Waals surface area contributed by atoms with Crippen LogP contribution in [0.15, 0.2) is 10.6 Å². The van der Waals surface area contributed by atoms with Crippen LogP contribution >= 0.6 is 11.6 Å². The van der Waals surface area contributed by atoms with E-state index in [0.717, 1.165) is 11.7 Å². The van der Waals surface area contributed by atoms with Crippen LogP contribution in [0.1, 0.15) is 64.0 Å². The maximum atomic E-state index is 5.96. The molecule has 4 saturated carbocycles. The molecule has 3 heteroatoms. The Balaban J connectivity index is 1.78. The van der Waals surface area contributed by atoms with E-state index in [-0.39, 0.29) is 5.41 Å². The highest BCUT2D eigenvalue weighted by molar-refractivity contribution is 6.16. The van der Waals surface area contributed by atoms with Gasteiger partial charge in [0.05, 0.1) is 12.1 Å². The number of nitrogens with zero attached hydrogens (tertiary/aromatic N) is 1. The maximum absolute atomic E-state index is 5.96. The minimum atomic E-state index is 0.250. The molecule has 4 bridgehead atoms. The number of oxazole rings is 1. The minimum Gasteiger partial charge on any atom is -0.444 e. The van der Waals surface area contributed by atoms with E-state index in [9.17, 15) is 0 Å². The van der Waals surface area contributed by atoms with E-state index in [2.05, 4.69) is 18.8 Å². The summed E-state index contributed by atoms with van der Waals surface area (Å²) < 4.78 is 5.96. The van der Waals surface area contributed by atoms with E-state index < -0.39 is 0 Å². The highest BCUT2D eigenvalue weighted by Gasteiger charge is 2.61. The number of hydrogen-bond donors (Lipinski definition) is 0. The molecule has 19 heavy (non-hydrogen) atoms. The first-order chi connectivity index (χ1) is 8.94. The first-order valence-corrected chi connectivity index (χ1v) is 7.99. The van der Waals surface area contributed by atoms with Crippen molar-refractivity contribution in [2.75, 3.05) is 0 Å². The van der Waals surface area contributed by atoms with E-state index >= 15 is 0 Å². The van der Waals surface area contributed by atoms with Crippen LogP contribution in [0.5, 0.6) is 0 Å². The van der Waals surface area contributed by atoms with Crippen molar-refractivity contribution in [2.45, 2.75) is 63.7 Å². The van der Waals surface area contributed by atoms with Crippen LogP contribution in [0, 0.1) is 16.7 Å². The summed E-state index contributed by atoms with van der Waals surface area (Å²) in [4.78, 5) is 4.34. The largest absolute Gasteiger partial charge is 0.444 e. The monoisotopic (exact) mass is 279 g/mol. The van der Waals surface area contributed by atoms with Crippen LogP contribution < -0.4 is 0 Å². The Morgan fingerprint density at radius 1 is 1.21 bits per heavy atom. The van der Waals surface area contributed by atoms with Crippen LogP contribution in [-0.2, 0) is 11.3 Å². The lowest BCUT2D eigenvalue weighted by molar-refractivity contribution is -0.116. The number of hydrogen-bond acceptors (Lipinski definition) is 2. The molecule has 0 radical (unpaired) electrons. The molecule has 0 N–H and O–H groups in total. The molecule has 0 aromatic carbocycles. The van der Waals surface area contributed by atoms with E-state index in [1.54, 1.807) is 0 Å². The summed E-state index contributed by atoms with van der Waals surface area (Å²) in [5.74, 6) is 3.07. The second-order valence-corrected chi connectivity index (χ2v) is 8.43. The van der Waals surface area contributed by atoms with Crippen LogP contribution in [0.3, 0.4) is 0 Å². The van der Waals surface area contributed by atoms with Gasteiger partial charge in [0.2, 0.25) is 5.89 Å². The fourth-order valence-electron chi connectivity index (χ4n) is 6.34. The average Bonchev–Trinajstić information content (AvgIpc) is 2.72. The first-order valence-electron chi connectivity index (χ1n) is 7.46. The smallest absolute Gasteiger partial charge is 0.209 e. The number of halogens is 1. The van der Waals surface area contributed by atoms with Gasteiger partial charge in [-0.2, -0.15) is 0 Å². The molecule has 5 rings (SSSR count). The lowest BCUT2D eigenvalue weighted by Crippen LogP contribution is -2.56. The van der Waals surface area contributed by atoms with Gasteiger partial charge < -0.3 is 4.42 Å². The van der Waals surface area contributed by atoms with Crippen molar-refractivity contribution >= 4 is 11.6 Å². The van der Waals surface area contributed by atoms with E-state index in [1.807, 2.05) is 6.20 Å². The van der Waals surface area contributed by atoms with Crippen molar-refractivity contribution in [2.24, 2.45) is 16.7 Å². The zero-order chi connectivity index (χ0) is 13.3. The normalized spacial score (nSPS) is 47.8. The van der Waals surface area contributed by atoms with Crippen LogP contribution in [0.2, 0.25) is 0 Å². The molecule has 0 spiro atoms. The fourth-order valence-corrected chi connectivity index (χ4v) is 6.46. The molecule has 2 nitrogen and oxygen atoms in total. The summed E-state index contributed by atoms with van der Waals surface area (Å²) in [6, 6.07) is 0. The van der Waals surface area contributed by atoms with Gasteiger partial charge in [-0.15, -0.1) is 11.6 Å². The highest BCUT2D eigenvalue weighted by atomic mass is 35.5. The first kappa shape index (κ1) is 12.3. The van der Waals surface area contributed by atoms with E-state index in [1.165, 1.54) is 38.5 Å².